The Balaban J connectivity index is 1.41. The standard InChI is InChI=1S/C31H31NO/c1-3-4-5-6-7-24-10-14-26(15-11-24)30-21-20-29(22-32-30)25-16-18-28(19-17-25)31(33)27-12-8-23(2)9-13-27/h8-22H,3-7H2,1-2H3. The van der Waals surface area contributed by atoms with Crippen molar-refractivity contribution >= 4 is 5.78 Å². The summed E-state index contributed by atoms with van der Waals surface area (Å²) in [5.41, 5.74) is 8.16. The van der Waals surface area contributed by atoms with Crippen LogP contribution in [0.15, 0.2) is 91.1 Å². The lowest BCUT2D eigenvalue weighted by atomic mass is 9.99. The second-order valence-corrected chi connectivity index (χ2v) is 8.71. The van der Waals surface area contributed by atoms with Gasteiger partial charge in [0.2, 0.25) is 0 Å². The van der Waals surface area contributed by atoms with Crippen molar-refractivity contribution in [2.45, 2.75) is 46.0 Å². The summed E-state index contributed by atoms with van der Waals surface area (Å²) in [6.45, 7) is 4.27. The SMILES string of the molecule is CCCCCCc1ccc(-c2ccc(-c3ccc(C(=O)c4ccc(C)cc4)cc3)cn2)cc1. The second-order valence-electron chi connectivity index (χ2n) is 8.71. The maximum atomic E-state index is 12.7. The quantitative estimate of drug-likeness (QED) is 0.197. The van der Waals surface area contributed by atoms with Gasteiger partial charge >= 0.3 is 0 Å². The Hall–Kier alpha value is -3.52. The molecule has 0 unspecified atom stereocenters. The van der Waals surface area contributed by atoms with Gasteiger partial charge in [0.05, 0.1) is 5.69 Å². The molecule has 0 aliphatic heterocycles. The van der Waals surface area contributed by atoms with Crippen LogP contribution in [-0.4, -0.2) is 10.8 Å². The van der Waals surface area contributed by atoms with E-state index in [-0.39, 0.29) is 5.78 Å². The van der Waals surface area contributed by atoms with E-state index in [2.05, 4.69) is 48.3 Å². The molecule has 0 aliphatic rings. The first-order chi connectivity index (χ1) is 16.1. The van der Waals surface area contributed by atoms with Crippen molar-refractivity contribution in [1.29, 1.82) is 0 Å². The normalized spacial score (nSPS) is 10.8. The molecule has 1 aromatic heterocycles. The molecule has 0 saturated carbocycles. The van der Waals surface area contributed by atoms with Crippen LogP contribution < -0.4 is 0 Å². The number of ketones is 1. The van der Waals surface area contributed by atoms with Gasteiger partial charge in [-0.15, -0.1) is 0 Å². The minimum atomic E-state index is 0.0452. The lowest BCUT2D eigenvalue weighted by molar-refractivity contribution is 0.103. The van der Waals surface area contributed by atoms with Crippen LogP contribution in [0, 0.1) is 6.92 Å². The van der Waals surface area contributed by atoms with Gasteiger partial charge in [-0.25, -0.2) is 0 Å². The van der Waals surface area contributed by atoms with Crippen LogP contribution in [0.2, 0.25) is 0 Å². The Morgan fingerprint density at radius 3 is 1.88 bits per heavy atom. The summed E-state index contributed by atoms with van der Waals surface area (Å²) in [7, 11) is 0. The summed E-state index contributed by atoms with van der Waals surface area (Å²) in [5.74, 6) is 0.0452. The predicted molar refractivity (Wildman–Crippen MR) is 138 cm³/mol. The summed E-state index contributed by atoms with van der Waals surface area (Å²) in [6, 6.07) is 28.4. The van der Waals surface area contributed by atoms with Gasteiger partial charge in [0, 0.05) is 28.5 Å². The van der Waals surface area contributed by atoms with Crippen molar-refractivity contribution in [2.75, 3.05) is 0 Å². The zero-order valence-electron chi connectivity index (χ0n) is 19.6. The molecule has 0 saturated heterocycles. The van der Waals surface area contributed by atoms with Crippen LogP contribution in [0.4, 0.5) is 0 Å². The number of hydrogen-bond acceptors (Lipinski definition) is 2. The Morgan fingerprint density at radius 2 is 1.27 bits per heavy atom. The molecule has 4 aromatic rings. The number of aryl methyl sites for hydroxylation is 2. The molecule has 0 bridgehead atoms. The smallest absolute Gasteiger partial charge is 0.193 e. The number of carbonyl (C=O) groups excluding carboxylic acids is 1. The van der Waals surface area contributed by atoms with Crippen LogP contribution in [-0.2, 0) is 6.42 Å². The third kappa shape index (κ3) is 5.84. The fraction of sp³-hybridized carbons (Fsp3) is 0.226. The molecule has 0 atom stereocenters. The molecular formula is C31H31NO. The number of carbonyl (C=O) groups is 1. The number of aromatic nitrogens is 1. The van der Waals surface area contributed by atoms with Gasteiger partial charge in [-0.2, -0.15) is 0 Å². The van der Waals surface area contributed by atoms with Crippen molar-refractivity contribution in [3.63, 3.8) is 0 Å². The van der Waals surface area contributed by atoms with Crippen LogP contribution in [0.3, 0.4) is 0 Å². The highest BCUT2D eigenvalue weighted by Crippen LogP contribution is 2.24. The molecule has 0 aliphatic carbocycles. The highest BCUT2D eigenvalue weighted by molar-refractivity contribution is 6.09. The molecule has 0 amide bonds. The lowest BCUT2D eigenvalue weighted by Crippen LogP contribution is -2.00. The Bertz CT molecular complexity index is 1170. The summed E-state index contributed by atoms with van der Waals surface area (Å²) in [6.07, 6.45) is 8.22. The number of unbranched alkanes of at least 4 members (excludes halogenated alkanes) is 3. The maximum Gasteiger partial charge on any atom is 0.193 e. The maximum absolute atomic E-state index is 12.7. The number of nitrogens with zero attached hydrogens (tertiary/aromatic N) is 1. The first-order valence-corrected chi connectivity index (χ1v) is 11.9. The summed E-state index contributed by atoms with van der Waals surface area (Å²) >= 11 is 0. The van der Waals surface area contributed by atoms with E-state index in [1.165, 1.54) is 31.2 Å². The molecule has 0 fully saturated rings. The van der Waals surface area contributed by atoms with Gasteiger partial charge in [0.1, 0.15) is 0 Å². The first kappa shape index (κ1) is 22.7. The second kappa shape index (κ2) is 10.9. The van der Waals surface area contributed by atoms with Crippen LogP contribution >= 0.6 is 0 Å². The highest BCUT2D eigenvalue weighted by Gasteiger charge is 2.09. The molecule has 0 N–H and O–H groups in total. The van der Waals surface area contributed by atoms with Crippen molar-refractivity contribution in [2.24, 2.45) is 0 Å². The molecule has 1 heterocycles. The van der Waals surface area contributed by atoms with Gasteiger partial charge < -0.3 is 0 Å². The molecule has 2 heteroatoms. The minimum Gasteiger partial charge on any atom is -0.289 e. The van der Waals surface area contributed by atoms with Crippen LogP contribution in [0.5, 0.6) is 0 Å². The largest absolute Gasteiger partial charge is 0.289 e. The third-order valence-electron chi connectivity index (χ3n) is 6.13. The Labute approximate surface area is 197 Å². The van der Waals surface area contributed by atoms with E-state index in [1.807, 2.05) is 61.7 Å². The molecule has 166 valence electrons. The minimum absolute atomic E-state index is 0.0452. The van der Waals surface area contributed by atoms with Gasteiger partial charge in [0.25, 0.3) is 0 Å². The topological polar surface area (TPSA) is 30.0 Å². The average molecular weight is 434 g/mol. The lowest BCUT2D eigenvalue weighted by Gasteiger charge is -2.07. The van der Waals surface area contributed by atoms with E-state index >= 15 is 0 Å². The zero-order chi connectivity index (χ0) is 23.0. The molecule has 0 spiro atoms. The van der Waals surface area contributed by atoms with E-state index in [4.69, 9.17) is 0 Å². The molecule has 33 heavy (non-hydrogen) atoms. The molecule has 3 aromatic carbocycles. The van der Waals surface area contributed by atoms with Crippen LogP contribution in [0.1, 0.15) is 59.7 Å². The Kier molecular flexibility index (Phi) is 7.47. The van der Waals surface area contributed by atoms with Gasteiger partial charge in [0.15, 0.2) is 5.78 Å². The van der Waals surface area contributed by atoms with Crippen molar-refractivity contribution in [1.82, 2.24) is 4.98 Å². The predicted octanol–water partition coefficient (Wildman–Crippen LogP) is 8.08. The monoisotopic (exact) mass is 433 g/mol. The number of benzene rings is 3. The van der Waals surface area contributed by atoms with E-state index in [1.54, 1.807) is 0 Å². The van der Waals surface area contributed by atoms with Gasteiger partial charge in [-0.3, -0.25) is 9.78 Å². The fourth-order valence-electron chi connectivity index (χ4n) is 4.02. The van der Waals surface area contributed by atoms with Gasteiger partial charge in [-0.1, -0.05) is 111 Å². The van der Waals surface area contributed by atoms with E-state index in [0.717, 1.165) is 34.4 Å². The van der Waals surface area contributed by atoms with Crippen molar-refractivity contribution in [3.05, 3.63) is 113 Å². The molecular weight excluding hydrogens is 402 g/mol. The summed E-state index contributed by atoms with van der Waals surface area (Å²) in [5, 5.41) is 0. The van der Waals surface area contributed by atoms with Crippen molar-refractivity contribution < 1.29 is 4.79 Å². The number of hydrogen-bond donors (Lipinski definition) is 0. The van der Waals surface area contributed by atoms with E-state index in [0.29, 0.717) is 11.1 Å². The van der Waals surface area contributed by atoms with Crippen LogP contribution in [0.25, 0.3) is 22.4 Å². The molecule has 2 nitrogen and oxygen atoms in total. The molecule has 4 rings (SSSR count). The summed E-state index contributed by atoms with van der Waals surface area (Å²) < 4.78 is 0. The van der Waals surface area contributed by atoms with E-state index in [9.17, 15) is 4.79 Å². The summed E-state index contributed by atoms with van der Waals surface area (Å²) in [4.78, 5) is 17.4. The fourth-order valence-corrected chi connectivity index (χ4v) is 4.02. The average Bonchev–Trinajstić information content (AvgIpc) is 2.87. The van der Waals surface area contributed by atoms with Crippen molar-refractivity contribution in [3.8, 4) is 22.4 Å². The number of rotatable bonds is 9. The third-order valence-corrected chi connectivity index (χ3v) is 6.13. The van der Waals surface area contributed by atoms with E-state index < -0.39 is 0 Å². The molecule has 0 radical (unpaired) electrons. The van der Waals surface area contributed by atoms with Gasteiger partial charge in [-0.05, 0) is 37.0 Å². The highest BCUT2D eigenvalue weighted by atomic mass is 16.1. The first-order valence-electron chi connectivity index (χ1n) is 11.9. The Morgan fingerprint density at radius 1 is 0.667 bits per heavy atom. The zero-order valence-corrected chi connectivity index (χ0v) is 19.6. The number of pyridine rings is 1.